The second kappa shape index (κ2) is 9.30. The molecule has 2 heterocycles. The molecule has 0 radical (unpaired) electrons. The predicted molar refractivity (Wildman–Crippen MR) is 127 cm³/mol. The average molecular weight is 460 g/mol. The maximum atomic E-state index is 12.5. The molecular weight excluding hydrogens is 426 g/mol. The summed E-state index contributed by atoms with van der Waals surface area (Å²) in [6.07, 6.45) is 6.46. The summed E-state index contributed by atoms with van der Waals surface area (Å²) >= 11 is 6.20. The molecule has 174 valence electrons. The van der Waals surface area contributed by atoms with Gasteiger partial charge in [-0.25, -0.2) is 0 Å². The molecule has 1 saturated carbocycles. The van der Waals surface area contributed by atoms with Crippen LogP contribution < -0.4 is 15.0 Å². The molecule has 0 spiro atoms. The number of methoxy groups -OCH3 is 1. The molecule has 1 aliphatic heterocycles. The molecule has 2 fully saturated rings. The van der Waals surface area contributed by atoms with Crippen molar-refractivity contribution >= 4 is 23.5 Å². The van der Waals surface area contributed by atoms with E-state index in [0.717, 1.165) is 56.0 Å². The summed E-state index contributed by atoms with van der Waals surface area (Å²) in [7, 11) is 1.64. The highest BCUT2D eigenvalue weighted by Crippen LogP contribution is 2.36. The highest BCUT2D eigenvalue weighted by Gasteiger charge is 2.39. The Morgan fingerprint density at radius 3 is 2.75 bits per heavy atom. The Balaban J connectivity index is 1.74. The van der Waals surface area contributed by atoms with Crippen molar-refractivity contribution < 1.29 is 9.53 Å². The molecule has 1 N–H and O–H groups in total. The molecule has 1 aromatic heterocycles. The van der Waals surface area contributed by atoms with E-state index < -0.39 is 0 Å². The smallest absolute Gasteiger partial charge is 0.239 e. The first-order chi connectivity index (χ1) is 15.3. The van der Waals surface area contributed by atoms with Crippen molar-refractivity contribution in [3.8, 4) is 17.1 Å². The van der Waals surface area contributed by atoms with E-state index in [9.17, 15) is 4.79 Å². The van der Waals surface area contributed by atoms with Gasteiger partial charge in [0.2, 0.25) is 11.9 Å². The minimum atomic E-state index is 0.0583. The lowest BCUT2D eigenvalue weighted by Crippen LogP contribution is -2.62. The van der Waals surface area contributed by atoms with Gasteiger partial charge in [0.1, 0.15) is 12.3 Å². The van der Waals surface area contributed by atoms with E-state index in [-0.39, 0.29) is 23.4 Å². The first-order valence-electron chi connectivity index (χ1n) is 11.6. The van der Waals surface area contributed by atoms with Crippen LogP contribution in [0.3, 0.4) is 0 Å². The molecule has 2 aliphatic rings. The highest BCUT2D eigenvalue weighted by atomic mass is 35.5. The minimum Gasteiger partial charge on any atom is -0.496 e. The number of carbonyl (C=O) groups excluding carboxylic acids is 1. The van der Waals surface area contributed by atoms with Crippen LogP contribution >= 0.6 is 11.6 Å². The zero-order valence-corrected chi connectivity index (χ0v) is 20.3. The van der Waals surface area contributed by atoms with Crippen LogP contribution in [0.4, 0.5) is 5.95 Å². The van der Waals surface area contributed by atoms with Crippen molar-refractivity contribution in [3.05, 3.63) is 23.2 Å². The fraction of sp³-hybridized carbons (Fsp3) is 0.625. The summed E-state index contributed by atoms with van der Waals surface area (Å²) < 4.78 is 7.78. The summed E-state index contributed by atoms with van der Waals surface area (Å²) in [6.45, 7) is 7.85. The van der Waals surface area contributed by atoms with Gasteiger partial charge >= 0.3 is 0 Å². The van der Waals surface area contributed by atoms with Crippen LogP contribution in [0.15, 0.2) is 18.2 Å². The molecule has 1 aromatic carbocycles. The van der Waals surface area contributed by atoms with E-state index in [1.807, 2.05) is 12.1 Å². The quantitative estimate of drug-likeness (QED) is 0.678. The zero-order valence-electron chi connectivity index (χ0n) is 19.5. The molecule has 2 aromatic rings. The van der Waals surface area contributed by atoms with Crippen molar-refractivity contribution in [2.45, 2.75) is 77.9 Å². The van der Waals surface area contributed by atoms with E-state index in [2.05, 4.69) is 45.8 Å². The van der Waals surface area contributed by atoms with Gasteiger partial charge in [0.15, 0.2) is 5.82 Å². The number of nitrogens with zero attached hydrogens (tertiary/aromatic N) is 4. The number of hydrogen-bond donors (Lipinski definition) is 1. The lowest BCUT2D eigenvalue weighted by molar-refractivity contribution is -0.122. The number of aromatic nitrogens is 3. The Morgan fingerprint density at radius 1 is 1.22 bits per heavy atom. The van der Waals surface area contributed by atoms with Gasteiger partial charge in [-0.2, -0.15) is 0 Å². The van der Waals surface area contributed by atoms with Crippen LogP contribution in [0.2, 0.25) is 5.02 Å². The first kappa shape index (κ1) is 22.9. The summed E-state index contributed by atoms with van der Waals surface area (Å²) in [5.74, 6) is 2.25. The number of piperazine rings is 1. The molecule has 1 saturated heterocycles. The van der Waals surface area contributed by atoms with Crippen LogP contribution in [0.5, 0.6) is 5.75 Å². The van der Waals surface area contributed by atoms with E-state index in [0.29, 0.717) is 17.3 Å². The monoisotopic (exact) mass is 459 g/mol. The van der Waals surface area contributed by atoms with Gasteiger partial charge in [-0.1, -0.05) is 45.2 Å². The molecule has 0 bridgehead atoms. The third-order valence-corrected chi connectivity index (χ3v) is 6.73. The van der Waals surface area contributed by atoms with Gasteiger partial charge in [0.25, 0.3) is 0 Å². The van der Waals surface area contributed by atoms with E-state index >= 15 is 0 Å². The van der Waals surface area contributed by atoms with Gasteiger partial charge in [0, 0.05) is 17.6 Å². The number of hydrogen-bond acceptors (Lipinski definition) is 5. The predicted octanol–water partition coefficient (Wildman–Crippen LogP) is 4.68. The lowest BCUT2D eigenvalue weighted by atomic mass is 9.87. The van der Waals surface area contributed by atoms with Crippen molar-refractivity contribution in [2.75, 3.05) is 18.6 Å². The Labute approximate surface area is 195 Å². The number of anilines is 1. The van der Waals surface area contributed by atoms with Gasteiger partial charge in [-0.3, -0.25) is 9.36 Å². The second-order valence-corrected chi connectivity index (χ2v) is 10.6. The third-order valence-electron chi connectivity index (χ3n) is 6.49. The molecule has 1 aliphatic carbocycles. The van der Waals surface area contributed by atoms with Crippen LogP contribution in [0, 0.1) is 5.41 Å². The Hall–Kier alpha value is -2.28. The van der Waals surface area contributed by atoms with E-state index in [1.54, 1.807) is 13.2 Å². The van der Waals surface area contributed by atoms with Crippen LogP contribution in [-0.4, -0.2) is 46.4 Å². The number of ether oxygens (including phenoxy) is 1. The molecule has 2 unspecified atom stereocenters. The highest BCUT2D eigenvalue weighted by molar-refractivity contribution is 6.30. The number of fused-ring (bicyclic) bond motifs is 1. The molecule has 7 nitrogen and oxygen atoms in total. The van der Waals surface area contributed by atoms with Crippen molar-refractivity contribution in [1.82, 2.24) is 20.1 Å². The topological polar surface area (TPSA) is 72.3 Å². The van der Waals surface area contributed by atoms with Crippen molar-refractivity contribution in [3.63, 3.8) is 0 Å². The summed E-state index contributed by atoms with van der Waals surface area (Å²) in [4.78, 5) is 14.7. The Kier molecular flexibility index (Phi) is 6.65. The summed E-state index contributed by atoms with van der Waals surface area (Å²) in [6, 6.07) is 6.02. The van der Waals surface area contributed by atoms with Crippen LogP contribution in [0.25, 0.3) is 11.4 Å². The van der Waals surface area contributed by atoms with Crippen LogP contribution in [-0.2, 0) is 11.3 Å². The standard InChI is InChI=1S/C24H34ClN5O2/c1-24(2,3)12-7-13-29-22(17-11-10-16(25)14-20(17)32-4)27-28-23(29)30-15-21(31)26-18-8-5-6-9-19(18)30/h10-11,14,18-19H,5-9,12-13,15H2,1-4H3,(H,26,31). The zero-order chi connectivity index (χ0) is 22.9. The third kappa shape index (κ3) is 4.87. The van der Waals surface area contributed by atoms with Crippen molar-refractivity contribution in [2.24, 2.45) is 5.41 Å². The fourth-order valence-corrected chi connectivity index (χ4v) is 5.09. The largest absolute Gasteiger partial charge is 0.496 e. The normalized spacial score (nSPS) is 21.3. The SMILES string of the molecule is COc1cc(Cl)ccc1-c1nnc(N2CC(=O)NC3CCCCC32)n1CCCC(C)(C)C. The van der Waals surface area contributed by atoms with E-state index in [1.165, 1.54) is 6.42 Å². The van der Waals surface area contributed by atoms with Crippen molar-refractivity contribution in [1.29, 1.82) is 0 Å². The summed E-state index contributed by atoms with van der Waals surface area (Å²) in [5.41, 5.74) is 1.10. The first-order valence-corrected chi connectivity index (χ1v) is 12.0. The average Bonchev–Trinajstić information content (AvgIpc) is 3.15. The Morgan fingerprint density at radius 2 is 2.00 bits per heavy atom. The second-order valence-electron chi connectivity index (χ2n) is 10.1. The molecule has 32 heavy (non-hydrogen) atoms. The molecule has 8 heteroatoms. The maximum absolute atomic E-state index is 12.5. The number of carbonyl (C=O) groups is 1. The number of halogens is 1. The number of rotatable bonds is 6. The number of nitrogens with one attached hydrogen (secondary N) is 1. The number of benzene rings is 1. The Bertz CT molecular complexity index is 968. The fourth-order valence-electron chi connectivity index (χ4n) is 4.93. The lowest BCUT2D eigenvalue weighted by Gasteiger charge is -2.44. The van der Waals surface area contributed by atoms with E-state index in [4.69, 9.17) is 16.3 Å². The molecular formula is C24H34ClN5O2. The molecule has 1 amide bonds. The van der Waals surface area contributed by atoms with Gasteiger partial charge in [-0.05, 0) is 49.3 Å². The minimum absolute atomic E-state index is 0.0583. The maximum Gasteiger partial charge on any atom is 0.239 e. The van der Waals surface area contributed by atoms with Gasteiger partial charge < -0.3 is 15.0 Å². The van der Waals surface area contributed by atoms with Gasteiger partial charge in [0.05, 0.1) is 18.7 Å². The molecule has 2 atom stereocenters. The summed E-state index contributed by atoms with van der Waals surface area (Å²) in [5, 5.41) is 13.0. The molecule has 4 rings (SSSR count). The number of amides is 1. The van der Waals surface area contributed by atoms with Gasteiger partial charge in [-0.15, -0.1) is 10.2 Å². The van der Waals surface area contributed by atoms with Crippen LogP contribution in [0.1, 0.15) is 59.3 Å².